The van der Waals surface area contributed by atoms with Crippen LogP contribution in [0.4, 0.5) is 0 Å². The van der Waals surface area contributed by atoms with E-state index in [0.717, 1.165) is 5.56 Å². The highest BCUT2D eigenvalue weighted by Gasteiger charge is 2.35. The van der Waals surface area contributed by atoms with Crippen molar-refractivity contribution in [2.45, 2.75) is 26.9 Å². The van der Waals surface area contributed by atoms with Crippen LogP contribution in [0.2, 0.25) is 0 Å². The van der Waals surface area contributed by atoms with Gasteiger partial charge in [0, 0.05) is 18.9 Å². The van der Waals surface area contributed by atoms with Gasteiger partial charge >= 0.3 is 0 Å². The van der Waals surface area contributed by atoms with Gasteiger partial charge in [-0.05, 0) is 43.7 Å². The average Bonchev–Trinajstić information content (AvgIpc) is 3.04. The van der Waals surface area contributed by atoms with E-state index in [4.69, 9.17) is 4.42 Å². The van der Waals surface area contributed by atoms with Crippen LogP contribution in [-0.4, -0.2) is 16.8 Å². The molecule has 0 saturated carbocycles. The number of carbonyl (C=O) groups excluding carboxylic acids is 2. The highest BCUT2D eigenvalue weighted by molar-refractivity contribution is 6.04. The highest BCUT2D eigenvalue weighted by Crippen LogP contribution is 2.16. The number of furan rings is 1. The van der Waals surface area contributed by atoms with Gasteiger partial charge in [0.25, 0.3) is 0 Å². The van der Waals surface area contributed by atoms with Crippen LogP contribution in [0.25, 0.3) is 0 Å². The zero-order valence-corrected chi connectivity index (χ0v) is 12.6. The minimum atomic E-state index is -1.17. The van der Waals surface area contributed by atoms with Crippen molar-refractivity contribution < 1.29 is 14.0 Å². The normalized spacial score (nSPS) is 11.0. The summed E-state index contributed by atoms with van der Waals surface area (Å²) >= 11 is 0. The maximum absolute atomic E-state index is 12.2. The lowest BCUT2D eigenvalue weighted by atomic mass is 9.91. The molecule has 2 N–H and O–H groups in total. The fraction of sp³-hybridized carbons (Fsp3) is 0.312. The molecular formula is C16H19N3O3. The molecule has 116 valence electrons. The molecule has 2 heterocycles. The lowest BCUT2D eigenvalue weighted by Gasteiger charge is -2.22. The van der Waals surface area contributed by atoms with Crippen LogP contribution in [0.1, 0.15) is 25.2 Å². The first-order valence-corrected chi connectivity index (χ1v) is 6.98. The van der Waals surface area contributed by atoms with Gasteiger partial charge in [-0.2, -0.15) is 0 Å². The van der Waals surface area contributed by atoms with Crippen molar-refractivity contribution in [1.82, 2.24) is 15.6 Å². The lowest BCUT2D eigenvalue weighted by Crippen LogP contribution is -2.47. The van der Waals surface area contributed by atoms with E-state index in [1.807, 2.05) is 12.1 Å². The van der Waals surface area contributed by atoms with Crippen LogP contribution in [-0.2, 0) is 22.7 Å². The molecule has 0 aliphatic heterocycles. The summed E-state index contributed by atoms with van der Waals surface area (Å²) in [6, 6.07) is 7.12. The molecule has 0 unspecified atom stereocenters. The third-order valence-electron chi connectivity index (χ3n) is 3.34. The standard InChI is InChI=1S/C16H19N3O3/c1-16(2,15(21)19-11-13-4-3-9-22-13)14(20)18-10-12-5-7-17-8-6-12/h3-9H,10-11H2,1-2H3,(H,18,20)(H,19,21). The highest BCUT2D eigenvalue weighted by atomic mass is 16.3. The summed E-state index contributed by atoms with van der Waals surface area (Å²) in [5, 5.41) is 5.46. The molecule has 2 rings (SSSR count). The zero-order chi connectivity index (χ0) is 16.0. The van der Waals surface area contributed by atoms with Gasteiger partial charge in [-0.1, -0.05) is 0 Å². The molecule has 0 atom stereocenters. The minimum Gasteiger partial charge on any atom is -0.467 e. The number of hydrogen-bond acceptors (Lipinski definition) is 4. The fourth-order valence-corrected chi connectivity index (χ4v) is 1.81. The molecule has 0 aromatic carbocycles. The Morgan fingerprint density at radius 2 is 1.73 bits per heavy atom. The summed E-state index contributed by atoms with van der Waals surface area (Å²) in [4.78, 5) is 28.3. The topological polar surface area (TPSA) is 84.2 Å². The Morgan fingerprint density at radius 1 is 1.09 bits per heavy atom. The van der Waals surface area contributed by atoms with Gasteiger partial charge in [0.15, 0.2) is 0 Å². The van der Waals surface area contributed by atoms with E-state index in [0.29, 0.717) is 12.3 Å². The number of pyridine rings is 1. The SMILES string of the molecule is CC(C)(C(=O)NCc1ccncc1)C(=O)NCc1ccco1. The van der Waals surface area contributed by atoms with Crippen molar-refractivity contribution in [2.75, 3.05) is 0 Å². The smallest absolute Gasteiger partial charge is 0.235 e. The monoisotopic (exact) mass is 301 g/mol. The van der Waals surface area contributed by atoms with E-state index in [2.05, 4.69) is 15.6 Å². The molecular weight excluding hydrogens is 282 g/mol. The Hall–Kier alpha value is -2.63. The number of nitrogens with one attached hydrogen (secondary N) is 2. The summed E-state index contributed by atoms with van der Waals surface area (Å²) in [6.07, 6.45) is 4.85. The van der Waals surface area contributed by atoms with Crippen molar-refractivity contribution in [3.05, 3.63) is 54.2 Å². The van der Waals surface area contributed by atoms with E-state index < -0.39 is 5.41 Å². The lowest BCUT2D eigenvalue weighted by molar-refractivity contribution is -0.141. The Bertz CT molecular complexity index is 621. The van der Waals surface area contributed by atoms with E-state index in [1.165, 1.54) is 6.26 Å². The Labute approximate surface area is 128 Å². The van der Waals surface area contributed by atoms with Gasteiger partial charge in [-0.15, -0.1) is 0 Å². The van der Waals surface area contributed by atoms with Gasteiger partial charge in [0.1, 0.15) is 11.2 Å². The van der Waals surface area contributed by atoms with Gasteiger partial charge < -0.3 is 15.1 Å². The van der Waals surface area contributed by atoms with Crippen molar-refractivity contribution in [2.24, 2.45) is 5.41 Å². The minimum absolute atomic E-state index is 0.257. The van der Waals surface area contributed by atoms with Gasteiger partial charge in [0.2, 0.25) is 11.8 Å². The molecule has 0 bridgehead atoms. The molecule has 6 nitrogen and oxygen atoms in total. The van der Waals surface area contributed by atoms with Crippen molar-refractivity contribution in [3.63, 3.8) is 0 Å². The molecule has 6 heteroatoms. The number of aromatic nitrogens is 1. The first-order valence-electron chi connectivity index (χ1n) is 6.98. The molecule has 0 aliphatic rings. The largest absolute Gasteiger partial charge is 0.467 e. The molecule has 22 heavy (non-hydrogen) atoms. The summed E-state index contributed by atoms with van der Waals surface area (Å²) in [5.74, 6) is -0.0428. The quantitative estimate of drug-likeness (QED) is 0.794. The molecule has 0 aliphatic carbocycles. The van der Waals surface area contributed by atoms with E-state index >= 15 is 0 Å². The molecule has 2 aromatic heterocycles. The fourth-order valence-electron chi connectivity index (χ4n) is 1.81. The maximum atomic E-state index is 12.2. The Balaban J connectivity index is 1.87. The maximum Gasteiger partial charge on any atom is 0.235 e. The van der Waals surface area contributed by atoms with Crippen LogP contribution < -0.4 is 10.6 Å². The van der Waals surface area contributed by atoms with Crippen LogP contribution in [0.5, 0.6) is 0 Å². The van der Waals surface area contributed by atoms with Crippen LogP contribution in [0, 0.1) is 5.41 Å². The first kappa shape index (κ1) is 15.8. The molecule has 0 spiro atoms. The molecule has 0 fully saturated rings. The summed E-state index contributed by atoms with van der Waals surface area (Å²) in [6.45, 7) is 3.79. The molecule has 2 amide bonds. The van der Waals surface area contributed by atoms with Gasteiger partial charge in [-0.3, -0.25) is 14.6 Å². The van der Waals surface area contributed by atoms with Crippen LogP contribution >= 0.6 is 0 Å². The number of hydrogen-bond donors (Lipinski definition) is 2. The van der Waals surface area contributed by atoms with E-state index in [1.54, 1.807) is 38.4 Å². The van der Waals surface area contributed by atoms with E-state index in [-0.39, 0.29) is 18.4 Å². The first-order chi connectivity index (χ1) is 10.5. The second-order valence-corrected chi connectivity index (χ2v) is 5.43. The summed E-state index contributed by atoms with van der Waals surface area (Å²) < 4.78 is 5.14. The molecule has 2 aromatic rings. The second-order valence-electron chi connectivity index (χ2n) is 5.43. The predicted molar refractivity (Wildman–Crippen MR) is 80.4 cm³/mol. The number of nitrogens with zero attached hydrogens (tertiary/aromatic N) is 1. The number of amides is 2. The predicted octanol–water partition coefficient (Wildman–Crippen LogP) is 1.63. The van der Waals surface area contributed by atoms with Crippen molar-refractivity contribution in [1.29, 1.82) is 0 Å². The number of rotatable bonds is 6. The second kappa shape index (κ2) is 6.89. The van der Waals surface area contributed by atoms with Crippen LogP contribution in [0.3, 0.4) is 0 Å². The zero-order valence-electron chi connectivity index (χ0n) is 12.6. The molecule has 0 saturated heterocycles. The summed E-state index contributed by atoms with van der Waals surface area (Å²) in [5.41, 5.74) is -0.241. The van der Waals surface area contributed by atoms with Crippen molar-refractivity contribution >= 4 is 11.8 Å². The molecule has 0 radical (unpaired) electrons. The average molecular weight is 301 g/mol. The third-order valence-corrected chi connectivity index (χ3v) is 3.34. The Morgan fingerprint density at radius 3 is 2.32 bits per heavy atom. The Kier molecular flexibility index (Phi) is 4.93. The van der Waals surface area contributed by atoms with E-state index in [9.17, 15) is 9.59 Å². The summed E-state index contributed by atoms with van der Waals surface area (Å²) in [7, 11) is 0. The van der Waals surface area contributed by atoms with Crippen molar-refractivity contribution in [3.8, 4) is 0 Å². The van der Waals surface area contributed by atoms with Gasteiger partial charge in [0.05, 0.1) is 12.8 Å². The number of carbonyl (C=O) groups is 2. The van der Waals surface area contributed by atoms with Gasteiger partial charge in [-0.25, -0.2) is 0 Å². The third kappa shape index (κ3) is 3.94. The van der Waals surface area contributed by atoms with Crippen LogP contribution in [0.15, 0.2) is 47.3 Å².